The molecule has 0 aromatic carbocycles. The molecule has 1 atom stereocenters. The third-order valence-corrected chi connectivity index (χ3v) is 1.63. The monoisotopic (exact) mass is 217 g/mol. The highest BCUT2D eigenvalue weighted by molar-refractivity contribution is 5.82. The molecule has 0 saturated heterocycles. The first-order chi connectivity index (χ1) is 6.97. The zero-order valence-electron chi connectivity index (χ0n) is 8.66. The van der Waals surface area contributed by atoms with E-state index in [0.717, 1.165) is 0 Å². The Kier molecular flexibility index (Phi) is 5.84. The van der Waals surface area contributed by atoms with Crippen LogP contribution in [0.15, 0.2) is 0 Å². The van der Waals surface area contributed by atoms with Crippen molar-refractivity contribution in [2.45, 2.75) is 19.4 Å². The summed E-state index contributed by atoms with van der Waals surface area (Å²) >= 11 is 0. The summed E-state index contributed by atoms with van der Waals surface area (Å²) in [6.07, 6.45) is 0.158. The predicted octanol–water partition coefficient (Wildman–Crippen LogP) is -1.11. The first-order valence-electron chi connectivity index (χ1n) is 4.45. The minimum absolute atomic E-state index is 0.158. The molecule has 0 heterocycles. The Morgan fingerprint density at radius 1 is 1.33 bits per heavy atom. The van der Waals surface area contributed by atoms with Gasteiger partial charge in [-0.15, -0.1) is 0 Å². The predicted molar refractivity (Wildman–Crippen MR) is 52.3 cm³/mol. The van der Waals surface area contributed by atoms with Gasteiger partial charge in [0.2, 0.25) is 5.91 Å². The summed E-state index contributed by atoms with van der Waals surface area (Å²) < 4.78 is 0. The largest absolute Gasteiger partial charge is 0.480 e. The molecule has 0 bridgehead atoms. The molecule has 0 fully saturated rings. The number of carbonyl (C=O) groups is 3. The Morgan fingerprint density at radius 3 is 2.40 bits per heavy atom. The lowest BCUT2D eigenvalue weighted by Gasteiger charge is -2.10. The highest BCUT2D eigenvalue weighted by Gasteiger charge is 2.13. The lowest BCUT2D eigenvalue weighted by molar-refractivity contribution is -0.138. The maximum Gasteiger partial charge on any atom is 0.325 e. The topological polar surface area (TPSA) is 108 Å². The van der Waals surface area contributed by atoms with Gasteiger partial charge < -0.3 is 21.1 Å². The summed E-state index contributed by atoms with van der Waals surface area (Å²) in [5.41, 5.74) is 0. The van der Waals surface area contributed by atoms with Gasteiger partial charge in [-0.3, -0.25) is 9.59 Å². The molecule has 0 aliphatic rings. The SMILES string of the molecule is CNC(=O)CCNC(=O)N[C@@H](C)C(=O)O. The van der Waals surface area contributed by atoms with Crippen molar-refractivity contribution in [2.75, 3.05) is 13.6 Å². The number of carboxylic acid groups (broad SMARTS) is 1. The summed E-state index contributed by atoms with van der Waals surface area (Å²) in [5.74, 6) is -1.31. The minimum Gasteiger partial charge on any atom is -0.480 e. The third kappa shape index (κ3) is 6.30. The Labute approximate surface area is 87.2 Å². The molecule has 3 amide bonds. The molecule has 0 aliphatic heterocycles. The molecule has 4 N–H and O–H groups in total. The van der Waals surface area contributed by atoms with Gasteiger partial charge in [-0.05, 0) is 6.92 Å². The molecule has 0 aromatic heterocycles. The fourth-order valence-corrected chi connectivity index (χ4v) is 0.724. The van der Waals surface area contributed by atoms with Crippen LogP contribution in [0.5, 0.6) is 0 Å². The zero-order valence-corrected chi connectivity index (χ0v) is 8.66. The van der Waals surface area contributed by atoms with Crippen molar-refractivity contribution in [3.05, 3.63) is 0 Å². The number of aliphatic carboxylic acids is 1. The van der Waals surface area contributed by atoms with E-state index in [4.69, 9.17) is 5.11 Å². The van der Waals surface area contributed by atoms with Gasteiger partial charge in [0.25, 0.3) is 0 Å². The summed E-state index contributed by atoms with van der Waals surface area (Å²) in [4.78, 5) is 32.1. The van der Waals surface area contributed by atoms with Crippen LogP contribution in [-0.4, -0.2) is 42.6 Å². The Bertz CT molecular complexity index is 254. The molecule has 7 heteroatoms. The number of amides is 3. The van der Waals surface area contributed by atoms with Crippen molar-refractivity contribution in [2.24, 2.45) is 0 Å². The molecule has 86 valence electrons. The molecule has 7 nitrogen and oxygen atoms in total. The summed E-state index contributed by atoms with van der Waals surface area (Å²) in [6, 6.07) is -1.56. The van der Waals surface area contributed by atoms with Gasteiger partial charge in [-0.1, -0.05) is 0 Å². The van der Waals surface area contributed by atoms with Gasteiger partial charge in [0, 0.05) is 20.0 Å². The molecule has 0 aromatic rings. The number of hydrogen-bond donors (Lipinski definition) is 4. The second-order valence-electron chi connectivity index (χ2n) is 2.88. The highest BCUT2D eigenvalue weighted by atomic mass is 16.4. The van der Waals surface area contributed by atoms with Crippen LogP contribution in [-0.2, 0) is 9.59 Å². The average Bonchev–Trinajstić information content (AvgIpc) is 2.17. The number of nitrogens with one attached hydrogen (secondary N) is 3. The van der Waals surface area contributed by atoms with Crippen LogP contribution < -0.4 is 16.0 Å². The highest BCUT2D eigenvalue weighted by Crippen LogP contribution is 1.81. The molecule has 0 aliphatic carbocycles. The van der Waals surface area contributed by atoms with Crippen LogP contribution in [0.1, 0.15) is 13.3 Å². The van der Waals surface area contributed by atoms with Crippen molar-refractivity contribution in [3.8, 4) is 0 Å². The maximum absolute atomic E-state index is 11.0. The number of urea groups is 1. The first-order valence-corrected chi connectivity index (χ1v) is 4.45. The lowest BCUT2D eigenvalue weighted by atomic mass is 10.3. The molecular formula is C8H15N3O4. The van der Waals surface area contributed by atoms with Gasteiger partial charge in [0.15, 0.2) is 0 Å². The second-order valence-corrected chi connectivity index (χ2v) is 2.88. The fourth-order valence-electron chi connectivity index (χ4n) is 0.724. The van der Waals surface area contributed by atoms with Gasteiger partial charge >= 0.3 is 12.0 Å². The van der Waals surface area contributed by atoms with Crippen molar-refractivity contribution in [3.63, 3.8) is 0 Å². The van der Waals surface area contributed by atoms with Crippen LogP contribution >= 0.6 is 0 Å². The number of carbonyl (C=O) groups excluding carboxylic acids is 2. The third-order valence-electron chi connectivity index (χ3n) is 1.63. The number of hydrogen-bond acceptors (Lipinski definition) is 3. The standard InChI is InChI=1S/C8H15N3O4/c1-5(7(13)14)11-8(15)10-4-3-6(12)9-2/h5H,3-4H2,1-2H3,(H,9,12)(H,13,14)(H2,10,11,15)/t5-/m0/s1. The molecule has 0 saturated carbocycles. The summed E-state index contributed by atoms with van der Waals surface area (Å²) in [6.45, 7) is 1.51. The van der Waals surface area contributed by atoms with Crippen LogP contribution in [0.4, 0.5) is 4.79 Å². The molecule has 0 radical (unpaired) electrons. The first kappa shape index (κ1) is 13.2. The van der Waals surface area contributed by atoms with Crippen molar-refractivity contribution in [1.82, 2.24) is 16.0 Å². The maximum atomic E-state index is 11.0. The smallest absolute Gasteiger partial charge is 0.325 e. The number of rotatable bonds is 5. The van der Waals surface area contributed by atoms with Crippen LogP contribution in [0, 0.1) is 0 Å². The van der Waals surface area contributed by atoms with E-state index < -0.39 is 18.0 Å². The Hall–Kier alpha value is -1.79. The van der Waals surface area contributed by atoms with Crippen molar-refractivity contribution >= 4 is 17.9 Å². The van der Waals surface area contributed by atoms with E-state index in [9.17, 15) is 14.4 Å². The van der Waals surface area contributed by atoms with Crippen LogP contribution in [0.3, 0.4) is 0 Å². The zero-order chi connectivity index (χ0) is 11.8. The van der Waals surface area contributed by atoms with Crippen molar-refractivity contribution in [1.29, 1.82) is 0 Å². The van der Waals surface area contributed by atoms with Gasteiger partial charge in [0.05, 0.1) is 0 Å². The lowest BCUT2D eigenvalue weighted by Crippen LogP contribution is -2.45. The number of carboxylic acids is 1. The molecular weight excluding hydrogens is 202 g/mol. The Balaban J connectivity index is 3.67. The Morgan fingerprint density at radius 2 is 1.93 bits per heavy atom. The molecule has 15 heavy (non-hydrogen) atoms. The van der Waals surface area contributed by atoms with E-state index in [2.05, 4.69) is 16.0 Å². The average molecular weight is 217 g/mol. The van der Waals surface area contributed by atoms with E-state index in [1.165, 1.54) is 14.0 Å². The minimum atomic E-state index is -1.11. The second kappa shape index (κ2) is 6.63. The summed E-state index contributed by atoms with van der Waals surface area (Å²) in [5, 5.41) is 15.4. The van der Waals surface area contributed by atoms with Crippen LogP contribution in [0.2, 0.25) is 0 Å². The summed E-state index contributed by atoms with van der Waals surface area (Å²) in [7, 11) is 1.49. The normalized spacial score (nSPS) is 11.3. The van der Waals surface area contributed by atoms with Gasteiger partial charge in [-0.2, -0.15) is 0 Å². The van der Waals surface area contributed by atoms with Crippen LogP contribution in [0.25, 0.3) is 0 Å². The van der Waals surface area contributed by atoms with Gasteiger partial charge in [0.1, 0.15) is 6.04 Å². The fraction of sp³-hybridized carbons (Fsp3) is 0.625. The van der Waals surface area contributed by atoms with E-state index in [-0.39, 0.29) is 18.9 Å². The van der Waals surface area contributed by atoms with Crippen molar-refractivity contribution < 1.29 is 19.5 Å². The van der Waals surface area contributed by atoms with E-state index in [0.29, 0.717) is 0 Å². The van der Waals surface area contributed by atoms with E-state index >= 15 is 0 Å². The van der Waals surface area contributed by atoms with Gasteiger partial charge in [-0.25, -0.2) is 4.79 Å². The molecule has 0 unspecified atom stereocenters. The molecule has 0 spiro atoms. The quantitative estimate of drug-likeness (QED) is 0.468. The molecule has 0 rings (SSSR count). The van der Waals surface area contributed by atoms with E-state index in [1.54, 1.807) is 0 Å². The van der Waals surface area contributed by atoms with E-state index in [1.807, 2.05) is 0 Å².